The maximum atomic E-state index is 11.0. The molecular weight excluding hydrogens is 170 g/mol. The maximum absolute atomic E-state index is 11.0. The molecule has 0 aliphatic carbocycles. The molecule has 0 spiro atoms. The minimum Gasteiger partial charge on any atom is -0.465 e. The fraction of sp³-hybridized carbons (Fsp3) is 0.667. The van der Waals surface area contributed by atoms with Crippen LogP contribution in [0.4, 0.5) is 0 Å². The number of allylic oxidation sites excluding steroid dienone is 1. The Hall–Kier alpha value is -0.870. The predicted molar refractivity (Wildman–Crippen MR) is 50.0 cm³/mol. The Kier molecular flexibility index (Phi) is 5.34. The first kappa shape index (κ1) is 12.1. The zero-order valence-electron chi connectivity index (χ0n) is 8.28. The van der Waals surface area contributed by atoms with Crippen molar-refractivity contribution in [2.75, 3.05) is 6.61 Å². The van der Waals surface area contributed by atoms with E-state index in [2.05, 4.69) is 4.74 Å². The van der Waals surface area contributed by atoms with Crippen molar-refractivity contribution in [2.45, 2.75) is 32.9 Å². The highest BCUT2D eigenvalue weighted by atomic mass is 16.5. The molecule has 0 aromatic heterocycles. The summed E-state index contributed by atoms with van der Waals surface area (Å²) >= 11 is 0. The summed E-state index contributed by atoms with van der Waals surface area (Å²) in [5.41, 5.74) is 6.34. The number of esters is 1. The van der Waals surface area contributed by atoms with Crippen molar-refractivity contribution in [1.29, 1.82) is 0 Å². The van der Waals surface area contributed by atoms with E-state index in [1.165, 1.54) is 6.08 Å². The molecule has 0 saturated carbocycles. The van der Waals surface area contributed by atoms with Gasteiger partial charge in [-0.15, -0.1) is 0 Å². The molecule has 2 atom stereocenters. The first-order valence-corrected chi connectivity index (χ1v) is 4.24. The van der Waals surface area contributed by atoms with Crippen LogP contribution in [0.5, 0.6) is 0 Å². The number of hydrogen-bond acceptors (Lipinski definition) is 4. The Balaban J connectivity index is 4.17. The van der Waals surface area contributed by atoms with Crippen molar-refractivity contribution < 1.29 is 14.6 Å². The maximum Gasteiger partial charge on any atom is 0.325 e. The molecule has 0 aromatic rings. The molecule has 0 saturated heterocycles. The first-order chi connectivity index (χ1) is 5.99. The summed E-state index contributed by atoms with van der Waals surface area (Å²) < 4.78 is 4.65. The molecule has 4 nitrogen and oxygen atoms in total. The molecule has 0 aliphatic heterocycles. The van der Waals surface area contributed by atoms with Gasteiger partial charge in [-0.05, 0) is 20.8 Å². The molecule has 0 aliphatic rings. The number of carbonyl (C=O) groups excluding carboxylic acids is 1. The lowest BCUT2D eigenvalue weighted by molar-refractivity contribution is -0.146. The van der Waals surface area contributed by atoms with Crippen LogP contribution in [0.3, 0.4) is 0 Å². The van der Waals surface area contributed by atoms with Gasteiger partial charge in [-0.3, -0.25) is 4.79 Å². The molecule has 13 heavy (non-hydrogen) atoms. The van der Waals surface area contributed by atoms with E-state index in [0.717, 1.165) is 5.57 Å². The number of rotatable bonds is 4. The second kappa shape index (κ2) is 5.72. The Labute approximate surface area is 78.4 Å². The fourth-order valence-electron chi connectivity index (χ4n) is 0.823. The van der Waals surface area contributed by atoms with Gasteiger partial charge in [0.05, 0.1) is 12.7 Å². The number of aliphatic hydroxyl groups is 1. The van der Waals surface area contributed by atoms with Crippen molar-refractivity contribution >= 4 is 5.97 Å². The van der Waals surface area contributed by atoms with Gasteiger partial charge in [0.15, 0.2) is 0 Å². The van der Waals surface area contributed by atoms with E-state index in [1.54, 1.807) is 6.92 Å². The van der Waals surface area contributed by atoms with Crippen molar-refractivity contribution in [3.63, 3.8) is 0 Å². The van der Waals surface area contributed by atoms with E-state index in [0.29, 0.717) is 0 Å². The number of ether oxygens (including phenoxy) is 1. The minimum absolute atomic E-state index is 0.272. The van der Waals surface area contributed by atoms with Gasteiger partial charge in [0.1, 0.15) is 6.04 Å². The smallest absolute Gasteiger partial charge is 0.325 e. The summed E-state index contributed by atoms with van der Waals surface area (Å²) in [5.74, 6) is -0.576. The normalized spacial score (nSPS) is 14.5. The van der Waals surface area contributed by atoms with Crippen LogP contribution in [-0.4, -0.2) is 29.8 Å². The third-order valence-corrected chi connectivity index (χ3v) is 1.43. The van der Waals surface area contributed by atoms with E-state index < -0.39 is 18.1 Å². The topological polar surface area (TPSA) is 72.5 Å². The van der Waals surface area contributed by atoms with Crippen LogP contribution in [0.2, 0.25) is 0 Å². The lowest BCUT2D eigenvalue weighted by Gasteiger charge is -2.14. The largest absolute Gasteiger partial charge is 0.465 e. The molecule has 0 aromatic carbocycles. The van der Waals surface area contributed by atoms with Crippen molar-refractivity contribution in [2.24, 2.45) is 5.73 Å². The van der Waals surface area contributed by atoms with Crippen LogP contribution < -0.4 is 5.73 Å². The summed E-state index contributed by atoms with van der Waals surface area (Å²) in [6.07, 6.45) is 0.561. The highest BCUT2D eigenvalue weighted by Gasteiger charge is 2.21. The molecule has 0 unspecified atom stereocenters. The van der Waals surface area contributed by atoms with Gasteiger partial charge >= 0.3 is 5.97 Å². The summed E-state index contributed by atoms with van der Waals surface area (Å²) in [4.78, 5) is 11.0. The number of carbonyl (C=O) groups is 1. The van der Waals surface area contributed by atoms with Crippen LogP contribution in [0, 0.1) is 0 Å². The lowest BCUT2D eigenvalue weighted by Crippen LogP contribution is -2.42. The van der Waals surface area contributed by atoms with E-state index in [4.69, 9.17) is 5.73 Å². The van der Waals surface area contributed by atoms with Gasteiger partial charge in [-0.25, -0.2) is 0 Å². The third-order valence-electron chi connectivity index (χ3n) is 1.43. The van der Waals surface area contributed by atoms with Crippen molar-refractivity contribution in [3.8, 4) is 0 Å². The molecule has 3 N–H and O–H groups in total. The van der Waals surface area contributed by atoms with Crippen LogP contribution >= 0.6 is 0 Å². The standard InChI is InChI=1S/C9H17NO3/c1-4-13-9(12)8(10)7(11)5-6(2)3/h5,7-8,11H,4,10H2,1-3H3/t7-,8+/m0/s1. The molecule has 0 rings (SSSR count). The summed E-state index contributed by atoms with van der Waals surface area (Å²) in [6.45, 7) is 5.61. The number of aliphatic hydroxyl groups excluding tert-OH is 1. The average molecular weight is 187 g/mol. The molecule has 0 amide bonds. The van der Waals surface area contributed by atoms with E-state index in [1.807, 2.05) is 13.8 Å². The van der Waals surface area contributed by atoms with Crippen LogP contribution in [-0.2, 0) is 9.53 Å². The Morgan fingerprint density at radius 1 is 1.62 bits per heavy atom. The zero-order chi connectivity index (χ0) is 10.4. The van der Waals surface area contributed by atoms with Crippen molar-refractivity contribution in [3.05, 3.63) is 11.6 Å². The third kappa shape index (κ3) is 4.65. The number of hydrogen-bond donors (Lipinski definition) is 2. The Morgan fingerprint density at radius 2 is 2.15 bits per heavy atom. The quantitative estimate of drug-likeness (QED) is 0.487. The van der Waals surface area contributed by atoms with E-state index in [9.17, 15) is 9.90 Å². The highest BCUT2D eigenvalue weighted by molar-refractivity contribution is 5.76. The van der Waals surface area contributed by atoms with Gasteiger partial charge in [-0.1, -0.05) is 11.6 Å². The van der Waals surface area contributed by atoms with Gasteiger partial charge in [0, 0.05) is 0 Å². The van der Waals surface area contributed by atoms with E-state index >= 15 is 0 Å². The molecule has 0 fully saturated rings. The SMILES string of the molecule is CCOC(=O)[C@H](N)[C@@H](O)C=C(C)C. The molecule has 0 heterocycles. The van der Waals surface area contributed by atoms with Gasteiger partial charge in [0.2, 0.25) is 0 Å². The lowest BCUT2D eigenvalue weighted by atomic mass is 10.1. The monoisotopic (exact) mass is 187 g/mol. The molecule has 0 radical (unpaired) electrons. The summed E-state index contributed by atoms with van der Waals surface area (Å²) in [5, 5.41) is 9.38. The molecule has 4 heteroatoms. The van der Waals surface area contributed by atoms with Gasteiger partial charge in [-0.2, -0.15) is 0 Å². The van der Waals surface area contributed by atoms with Crippen LogP contribution in [0.1, 0.15) is 20.8 Å². The Bertz CT molecular complexity index is 197. The average Bonchev–Trinajstić information content (AvgIpc) is 2.02. The highest BCUT2D eigenvalue weighted by Crippen LogP contribution is 2.00. The summed E-state index contributed by atoms with van der Waals surface area (Å²) in [6, 6.07) is -0.991. The Morgan fingerprint density at radius 3 is 2.54 bits per heavy atom. The number of nitrogens with two attached hydrogens (primary N) is 1. The van der Waals surface area contributed by atoms with Crippen LogP contribution in [0.15, 0.2) is 11.6 Å². The molecular formula is C9H17NO3. The zero-order valence-corrected chi connectivity index (χ0v) is 8.28. The van der Waals surface area contributed by atoms with Crippen molar-refractivity contribution in [1.82, 2.24) is 0 Å². The minimum atomic E-state index is -0.991. The fourth-order valence-corrected chi connectivity index (χ4v) is 0.823. The van der Waals surface area contributed by atoms with Crippen LogP contribution in [0.25, 0.3) is 0 Å². The second-order valence-electron chi connectivity index (χ2n) is 3.01. The summed E-state index contributed by atoms with van der Waals surface area (Å²) in [7, 11) is 0. The van der Waals surface area contributed by atoms with E-state index in [-0.39, 0.29) is 6.61 Å². The van der Waals surface area contributed by atoms with Gasteiger partial charge in [0.25, 0.3) is 0 Å². The predicted octanol–water partition coefficient (Wildman–Crippen LogP) is 0.204. The second-order valence-corrected chi connectivity index (χ2v) is 3.01. The first-order valence-electron chi connectivity index (χ1n) is 4.24. The molecule has 0 bridgehead atoms. The van der Waals surface area contributed by atoms with Gasteiger partial charge < -0.3 is 15.6 Å². The molecule has 76 valence electrons.